The monoisotopic (exact) mass is 348 g/mol. The van der Waals surface area contributed by atoms with Crippen molar-refractivity contribution in [3.63, 3.8) is 0 Å². The molecule has 0 spiro atoms. The first-order valence-electron chi connectivity index (χ1n) is 6.37. The van der Waals surface area contributed by atoms with E-state index >= 15 is 0 Å². The molecule has 0 amide bonds. The Labute approximate surface area is 142 Å². The fraction of sp³-hybridized carbons (Fsp3) is 0. The minimum absolute atomic E-state index is 0.412. The molecule has 0 unspecified atom stereocenters. The van der Waals surface area contributed by atoms with Gasteiger partial charge in [0.25, 0.3) is 0 Å². The second kappa shape index (κ2) is 6.44. The lowest BCUT2D eigenvalue weighted by Crippen LogP contribution is -1.95. The van der Waals surface area contributed by atoms with Crippen molar-refractivity contribution >= 4 is 41.6 Å². The SMILES string of the molecule is S=c1[nH]nc(-c2ccccc2)n1/N=C/c1ccc(Cl)c(Cl)c1. The van der Waals surface area contributed by atoms with E-state index in [9.17, 15) is 0 Å². The lowest BCUT2D eigenvalue weighted by molar-refractivity contribution is 0.871. The zero-order chi connectivity index (χ0) is 15.5. The van der Waals surface area contributed by atoms with Crippen LogP contribution in [0.2, 0.25) is 10.0 Å². The number of rotatable bonds is 3. The van der Waals surface area contributed by atoms with Crippen LogP contribution in [-0.2, 0) is 0 Å². The summed E-state index contributed by atoms with van der Waals surface area (Å²) in [5.74, 6) is 0.641. The van der Waals surface area contributed by atoms with Gasteiger partial charge in [0.05, 0.1) is 16.3 Å². The molecule has 3 aromatic rings. The molecule has 0 aliphatic carbocycles. The average Bonchev–Trinajstić information content (AvgIpc) is 2.90. The second-order valence-corrected chi connectivity index (χ2v) is 5.65. The van der Waals surface area contributed by atoms with Gasteiger partial charge < -0.3 is 0 Å². The topological polar surface area (TPSA) is 46.0 Å². The average molecular weight is 349 g/mol. The van der Waals surface area contributed by atoms with Crippen LogP contribution in [0.4, 0.5) is 0 Å². The van der Waals surface area contributed by atoms with Crippen molar-refractivity contribution in [2.45, 2.75) is 0 Å². The normalized spacial score (nSPS) is 11.2. The van der Waals surface area contributed by atoms with Gasteiger partial charge in [0.2, 0.25) is 4.77 Å². The molecular weight excluding hydrogens is 339 g/mol. The number of halogens is 2. The van der Waals surface area contributed by atoms with Crippen molar-refractivity contribution in [2.24, 2.45) is 5.10 Å². The lowest BCUT2D eigenvalue weighted by Gasteiger charge is -2.01. The highest BCUT2D eigenvalue weighted by molar-refractivity contribution is 7.71. The molecule has 0 saturated carbocycles. The van der Waals surface area contributed by atoms with Gasteiger partial charge in [0.1, 0.15) is 0 Å². The Balaban J connectivity index is 1.99. The zero-order valence-corrected chi connectivity index (χ0v) is 13.5. The van der Waals surface area contributed by atoms with Crippen LogP contribution in [0.15, 0.2) is 53.6 Å². The van der Waals surface area contributed by atoms with Crippen LogP contribution in [0.5, 0.6) is 0 Å². The highest BCUT2D eigenvalue weighted by Gasteiger charge is 2.07. The molecule has 1 N–H and O–H groups in total. The van der Waals surface area contributed by atoms with Crippen molar-refractivity contribution < 1.29 is 0 Å². The van der Waals surface area contributed by atoms with Crippen molar-refractivity contribution in [3.05, 3.63) is 68.9 Å². The van der Waals surface area contributed by atoms with E-state index in [-0.39, 0.29) is 0 Å². The number of aromatic amines is 1. The molecule has 1 heterocycles. The van der Waals surface area contributed by atoms with Crippen LogP contribution in [0, 0.1) is 4.77 Å². The first-order chi connectivity index (χ1) is 10.6. The van der Waals surface area contributed by atoms with Crippen molar-refractivity contribution in [1.82, 2.24) is 14.9 Å². The summed E-state index contributed by atoms with van der Waals surface area (Å²) in [6.45, 7) is 0. The van der Waals surface area contributed by atoms with Crippen molar-refractivity contribution in [3.8, 4) is 11.4 Å². The third-order valence-corrected chi connectivity index (χ3v) is 3.95. The van der Waals surface area contributed by atoms with E-state index in [1.165, 1.54) is 0 Å². The molecule has 0 atom stereocenters. The maximum atomic E-state index is 5.99. The summed E-state index contributed by atoms with van der Waals surface area (Å²) in [7, 11) is 0. The van der Waals surface area contributed by atoms with E-state index in [1.807, 2.05) is 36.4 Å². The van der Waals surface area contributed by atoms with E-state index in [0.29, 0.717) is 20.6 Å². The molecule has 0 aliphatic heterocycles. The third-order valence-electron chi connectivity index (χ3n) is 2.95. The Kier molecular flexibility index (Phi) is 4.38. The number of hydrogen-bond donors (Lipinski definition) is 1. The van der Waals surface area contributed by atoms with Gasteiger partial charge in [-0.15, -0.1) is 0 Å². The Hall–Kier alpha value is -1.95. The molecule has 0 saturated heterocycles. The predicted octanol–water partition coefficient (Wildman–Crippen LogP) is 4.80. The van der Waals surface area contributed by atoms with E-state index in [0.717, 1.165) is 11.1 Å². The van der Waals surface area contributed by atoms with Crippen LogP contribution in [0.25, 0.3) is 11.4 Å². The molecule has 1 aromatic heterocycles. The summed E-state index contributed by atoms with van der Waals surface area (Å²) in [4.78, 5) is 0. The summed E-state index contributed by atoms with van der Waals surface area (Å²) in [6, 6.07) is 15.0. The van der Waals surface area contributed by atoms with Crippen molar-refractivity contribution in [1.29, 1.82) is 0 Å². The quantitative estimate of drug-likeness (QED) is 0.545. The van der Waals surface area contributed by atoms with Crippen LogP contribution >= 0.6 is 35.4 Å². The summed E-state index contributed by atoms with van der Waals surface area (Å²) in [6.07, 6.45) is 1.65. The van der Waals surface area contributed by atoms with Crippen LogP contribution < -0.4 is 0 Å². The summed E-state index contributed by atoms with van der Waals surface area (Å²) >= 11 is 17.1. The van der Waals surface area contributed by atoms with Gasteiger partial charge >= 0.3 is 0 Å². The first kappa shape index (κ1) is 15.0. The Morgan fingerprint density at radius 3 is 2.59 bits per heavy atom. The van der Waals surface area contributed by atoms with Gasteiger partial charge in [-0.2, -0.15) is 14.9 Å². The number of nitrogens with zero attached hydrogens (tertiary/aromatic N) is 3. The molecule has 7 heteroatoms. The molecule has 3 rings (SSSR count). The number of nitrogens with one attached hydrogen (secondary N) is 1. The summed E-state index contributed by atoms with van der Waals surface area (Å²) in [5, 5.41) is 12.3. The molecule has 22 heavy (non-hydrogen) atoms. The number of benzene rings is 2. The Bertz CT molecular complexity index is 884. The fourth-order valence-electron chi connectivity index (χ4n) is 1.89. The van der Waals surface area contributed by atoms with Gasteiger partial charge in [-0.05, 0) is 29.9 Å². The molecule has 0 fully saturated rings. The highest BCUT2D eigenvalue weighted by atomic mass is 35.5. The van der Waals surface area contributed by atoms with Crippen LogP contribution in [0.1, 0.15) is 5.56 Å². The molecule has 4 nitrogen and oxygen atoms in total. The summed E-state index contributed by atoms with van der Waals surface area (Å²) in [5.41, 5.74) is 1.73. The largest absolute Gasteiger partial charge is 0.250 e. The van der Waals surface area contributed by atoms with Gasteiger partial charge in [0, 0.05) is 5.56 Å². The number of aromatic nitrogens is 3. The smallest absolute Gasteiger partial charge is 0.216 e. The highest BCUT2D eigenvalue weighted by Crippen LogP contribution is 2.22. The Morgan fingerprint density at radius 2 is 1.86 bits per heavy atom. The standard InChI is InChI=1S/C15H10Cl2N4S/c16-12-7-6-10(8-13(12)17)9-18-21-14(19-20-15(21)22)11-4-2-1-3-5-11/h1-9H,(H,20,22)/b18-9+. The minimum atomic E-state index is 0.412. The van der Waals surface area contributed by atoms with E-state index in [1.54, 1.807) is 23.0 Å². The van der Waals surface area contributed by atoms with Gasteiger partial charge in [-0.3, -0.25) is 0 Å². The molecule has 0 radical (unpaired) electrons. The molecule has 110 valence electrons. The lowest BCUT2D eigenvalue weighted by atomic mass is 10.2. The molecule has 0 bridgehead atoms. The molecule has 0 aliphatic rings. The molecular formula is C15H10Cl2N4S. The minimum Gasteiger partial charge on any atom is -0.250 e. The molecule has 2 aromatic carbocycles. The van der Waals surface area contributed by atoms with E-state index in [4.69, 9.17) is 35.4 Å². The summed E-state index contributed by atoms with van der Waals surface area (Å²) < 4.78 is 1.97. The van der Waals surface area contributed by atoms with E-state index in [2.05, 4.69) is 15.3 Å². The van der Waals surface area contributed by atoms with Gasteiger partial charge in [-0.25, -0.2) is 5.10 Å². The van der Waals surface area contributed by atoms with E-state index < -0.39 is 0 Å². The van der Waals surface area contributed by atoms with Crippen LogP contribution in [0.3, 0.4) is 0 Å². The van der Waals surface area contributed by atoms with Gasteiger partial charge in [0.15, 0.2) is 5.82 Å². The predicted molar refractivity (Wildman–Crippen MR) is 92.3 cm³/mol. The zero-order valence-electron chi connectivity index (χ0n) is 11.2. The maximum Gasteiger partial charge on any atom is 0.216 e. The maximum absolute atomic E-state index is 5.99. The van der Waals surface area contributed by atoms with Crippen molar-refractivity contribution in [2.75, 3.05) is 0 Å². The third kappa shape index (κ3) is 3.11. The first-order valence-corrected chi connectivity index (χ1v) is 7.54. The Morgan fingerprint density at radius 1 is 1.09 bits per heavy atom. The van der Waals surface area contributed by atoms with Crippen LogP contribution in [-0.4, -0.2) is 21.1 Å². The number of H-pyrrole nitrogens is 1. The second-order valence-electron chi connectivity index (χ2n) is 4.45. The fourth-order valence-corrected chi connectivity index (χ4v) is 2.38. The van der Waals surface area contributed by atoms with Gasteiger partial charge in [-0.1, -0.05) is 59.6 Å². The number of hydrogen-bond acceptors (Lipinski definition) is 3.